The van der Waals surface area contributed by atoms with Crippen molar-refractivity contribution >= 4 is 46.0 Å². The van der Waals surface area contributed by atoms with Crippen LogP contribution in [0.4, 0.5) is 18.9 Å². The summed E-state index contributed by atoms with van der Waals surface area (Å²) in [5.41, 5.74) is 0.158. The molecule has 1 aliphatic rings. The van der Waals surface area contributed by atoms with Crippen LogP contribution < -0.4 is 5.32 Å². The second-order valence-electron chi connectivity index (χ2n) is 6.79. The van der Waals surface area contributed by atoms with Gasteiger partial charge in [0, 0.05) is 25.0 Å². The monoisotopic (exact) mass is 469 g/mol. The number of alkyl halides is 3. The molecule has 1 fully saturated rings. The van der Waals surface area contributed by atoms with Gasteiger partial charge in [-0.2, -0.15) is 13.2 Å². The van der Waals surface area contributed by atoms with Gasteiger partial charge in [-0.3, -0.25) is 14.5 Å². The number of nitrogens with one attached hydrogen (secondary N) is 1. The Morgan fingerprint density at radius 3 is 2.61 bits per heavy atom. The van der Waals surface area contributed by atoms with Crippen molar-refractivity contribution in [1.29, 1.82) is 0 Å². The molecule has 1 unspecified atom stereocenters. The first-order valence-corrected chi connectivity index (χ1v) is 10.6. The lowest BCUT2D eigenvalue weighted by atomic mass is 10.1. The summed E-state index contributed by atoms with van der Waals surface area (Å²) in [6.07, 6.45) is -4.03. The van der Waals surface area contributed by atoms with E-state index >= 15 is 0 Å². The topological polar surface area (TPSA) is 61.8 Å². The number of hydrogen-bond donors (Lipinski definition) is 1. The van der Waals surface area contributed by atoms with Gasteiger partial charge < -0.3 is 5.32 Å². The van der Waals surface area contributed by atoms with Crippen LogP contribution >= 0.6 is 23.4 Å². The summed E-state index contributed by atoms with van der Waals surface area (Å²) in [4.78, 5) is 30.6. The number of amidine groups is 1. The van der Waals surface area contributed by atoms with Gasteiger partial charge in [-0.1, -0.05) is 41.6 Å². The number of benzene rings is 2. The average Bonchev–Trinajstić information content (AvgIpc) is 2.73. The molecule has 31 heavy (non-hydrogen) atoms. The summed E-state index contributed by atoms with van der Waals surface area (Å²) in [6.45, 7) is 0.270. The minimum absolute atomic E-state index is 0.0213. The fourth-order valence-corrected chi connectivity index (χ4v) is 4.29. The standard InChI is InChI=1S/C21H19ClF3N3O2S/c1-26-19(30)17-12-18(29)28(10-9-13-5-7-15(22)8-6-13)20(31-17)27-16-4-2-3-14(11-16)21(23,24)25/h2-8,11,17H,9-10,12H2,1H3,(H,26,30). The molecule has 3 rings (SSSR count). The normalized spacial score (nSPS) is 18.4. The summed E-state index contributed by atoms with van der Waals surface area (Å²) >= 11 is 6.96. The lowest BCUT2D eigenvalue weighted by molar-refractivity contribution is -0.137. The number of carbonyl (C=O) groups is 2. The van der Waals surface area contributed by atoms with E-state index in [0.717, 1.165) is 29.5 Å². The molecule has 0 saturated carbocycles. The number of rotatable bonds is 5. The molecular formula is C21H19ClF3N3O2S. The van der Waals surface area contributed by atoms with E-state index in [1.807, 2.05) is 12.1 Å². The van der Waals surface area contributed by atoms with E-state index in [-0.39, 0.29) is 35.6 Å². The van der Waals surface area contributed by atoms with Crippen molar-refractivity contribution in [2.24, 2.45) is 4.99 Å². The first-order valence-electron chi connectivity index (χ1n) is 9.36. The van der Waals surface area contributed by atoms with E-state index in [2.05, 4.69) is 10.3 Å². The highest BCUT2D eigenvalue weighted by Gasteiger charge is 2.35. The molecule has 0 radical (unpaired) electrons. The van der Waals surface area contributed by atoms with Crippen LogP contribution in [0.2, 0.25) is 5.02 Å². The van der Waals surface area contributed by atoms with Gasteiger partial charge in [-0.25, -0.2) is 4.99 Å². The molecule has 0 aliphatic carbocycles. The van der Waals surface area contributed by atoms with E-state index in [4.69, 9.17) is 11.6 Å². The minimum atomic E-state index is -4.51. The molecule has 0 spiro atoms. The van der Waals surface area contributed by atoms with Gasteiger partial charge in [0.15, 0.2) is 5.17 Å². The van der Waals surface area contributed by atoms with E-state index in [1.54, 1.807) is 12.1 Å². The fourth-order valence-electron chi connectivity index (χ4n) is 2.98. The lowest BCUT2D eigenvalue weighted by Crippen LogP contribution is -2.46. The maximum Gasteiger partial charge on any atom is 0.416 e. The highest BCUT2D eigenvalue weighted by Crippen LogP contribution is 2.33. The lowest BCUT2D eigenvalue weighted by Gasteiger charge is -2.31. The van der Waals surface area contributed by atoms with Crippen LogP contribution in [0.3, 0.4) is 0 Å². The summed E-state index contributed by atoms with van der Waals surface area (Å²) in [5, 5.41) is 2.58. The summed E-state index contributed by atoms with van der Waals surface area (Å²) in [7, 11) is 1.46. The third kappa shape index (κ3) is 6.01. The SMILES string of the molecule is CNC(=O)C1CC(=O)N(CCc2ccc(Cl)cc2)C(=Nc2cccc(C(F)(F)F)c2)S1. The molecule has 1 atom stereocenters. The van der Waals surface area contributed by atoms with Crippen LogP contribution in [-0.4, -0.2) is 40.7 Å². The first-order chi connectivity index (χ1) is 14.7. The Hall–Kier alpha value is -2.52. The third-order valence-corrected chi connectivity index (χ3v) is 6.05. The molecule has 0 aromatic heterocycles. The van der Waals surface area contributed by atoms with Gasteiger partial charge in [-0.05, 0) is 42.3 Å². The van der Waals surface area contributed by atoms with Gasteiger partial charge in [0.05, 0.1) is 16.5 Å². The zero-order chi connectivity index (χ0) is 22.6. The second kappa shape index (κ2) is 9.74. The Bertz CT molecular complexity index is 996. The Labute approximate surface area is 186 Å². The minimum Gasteiger partial charge on any atom is -0.358 e. The molecule has 10 heteroatoms. The molecule has 1 N–H and O–H groups in total. The smallest absolute Gasteiger partial charge is 0.358 e. The molecule has 5 nitrogen and oxygen atoms in total. The predicted octanol–water partition coefficient (Wildman–Crippen LogP) is 4.67. The number of hydrogen-bond acceptors (Lipinski definition) is 4. The van der Waals surface area contributed by atoms with E-state index in [0.29, 0.717) is 11.4 Å². The number of amides is 2. The maximum absolute atomic E-state index is 13.1. The molecule has 164 valence electrons. The van der Waals surface area contributed by atoms with Crippen LogP contribution in [-0.2, 0) is 22.2 Å². The number of thioether (sulfide) groups is 1. The largest absolute Gasteiger partial charge is 0.416 e. The van der Waals surface area contributed by atoms with Gasteiger partial charge >= 0.3 is 6.18 Å². The van der Waals surface area contributed by atoms with Crippen molar-refractivity contribution in [2.45, 2.75) is 24.3 Å². The van der Waals surface area contributed by atoms with E-state index in [1.165, 1.54) is 24.1 Å². The summed E-state index contributed by atoms with van der Waals surface area (Å²) in [5.74, 6) is -0.653. The molecule has 1 saturated heterocycles. The zero-order valence-corrected chi connectivity index (χ0v) is 18.0. The quantitative estimate of drug-likeness (QED) is 0.692. The van der Waals surface area contributed by atoms with Crippen molar-refractivity contribution in [1.82, 2.24) is 10.2 Å². The third-order valence-electron chi connectivity index (χ3n) is 4.61. The molecular weight excluding hydrogens is 451 g/mol. The van der Waals surface area contributed by atoms with Crippen LogP contribution in [0, 0.1) is 0 Å². The molecule has 1 aliphatic heterocycles. The number of nitrogens with zero attached hydrogens (tertiary/aromatic N) is 2. The Morgan fingerprint density at radius 2 is 1.97 bits per heavy atom. The van der Waals surface area contributed by atoms with Crippen molar-refractivity contribution < 1.29 is 22.8 Å². The maximum atomic E-state index is 13.1. The number of aliphatic imine (C=N–C) groups is 1. The molecule has 1 heterocycles. The van der Waals surface area contributed by atoms with Crippen LogP contribution in [0.1, 0.15) is 17.5 Å². The molecule has 2 amide bonds. The van der Waals surface area contributed by atoms with Crippen molar-refractivity contribution in [2.75, 3.05) is 13.6 Å². The van der Waals surface area contributed by atoms with Crippen molar-refractivity contribution in [3.8, 4) is 0 Å². The fraction of sp³-hybridized carbons (Fsp3) is 0.286. The van der Waals surface area contributed by atoms with Crippen molar-refractivity contribution in [3.63, 3.8) is 0 Å². The molecule has 2 aromatic rings. The van der Waals surface area contributed by atoms with Gasteiger partial charge in [0.1, 0.15) is 0 Å². The summed E-state index contributed by atoms with van der Waals surface area (Å²) in [6, 6.07) is 11.7. The highest BCUT2D eigenvalue weighted by atomic mass is 35.5. The first kappa shape index (κ1) is 23.1. The van der Waals surface area contributed by atoms with Crippen LogP contribution in [0.25, 0.3) is 0 Å². The number of carbonyl (C=O) groups excluding carboxylic acids is 2. The van der Waals surface area contributed by atoms with Crippen molar-refractivity contribution in [3.05, 3.63) is 64.7 Å². The van der Waals surface area contributed by atoms with Gasteiger partial charge in [-0.15, -0.1) is 0 Å². The van der Waals surface area contributed by atoms with E-state index in [9.17, 15) is 22.8 Å². The molecule has 0 bridgehead atoms. The highest BCUT2D eigenvalue weighted by molar-refractivity contribution is 8.15. The molecule has 2 aromatic carbocycles. The Kier molecular flexibility index (Phi) is 7.27. The summed E-state index contributed by atoms with van der Waals surface area (Å²) < 4.78 is 39.2. The number of halogens is 4. The van der Waals surface area contributed by atoms with E-state index < -0.39 is 17.0 Å². The van der Waals surface area contributed by atoms with Crippen LogP contribution in [0.15, 0.2) is 53.5 Å². The predicted molar refractivity (Wildman–Crippen MR) is 115 cm³/mol. The zero-order valence-electron chi connectivity index (χ0n) is 16.4. The van der Waals surface area contributed by atoms with Gasteiger partial charge in [0.25, 0.3) is 0 Å². The Balaban J connectivity index is 1.89. The van der Waals surface area contributed by atoms with Gasteiger partial charge in [0.2, 0.25) is 11.8 Å². The second-order valence-corrected chi connectivity index (χ2v) is 8.40. The average molecular weight is 470 g/mol. The Morgan fingerprint density at radius 1 is 1.26 bits per heavy atom. The van der Waals surface area contributed by atoms with Crippen LogP contribution in [0.5, 0.6) is 0 Å².